The molecule has 0 aliphatic rings. The summed E-state index contributed by atoms with van der Waals surface area (Å²) in [5.41, 5.74) is 1.29. The Morgan fingerprint density at radius 3 is 2.33 bits per heavy atom. The molecule has 0 heterocycles. The van der Waals surface area contributed by atoms with Crippen molar-refractivity contribution >= 4 is 5.97 Å². The van der Waals surface area contributed by atoms with E-state index >= 15 is 0 Å². The van der Waals surface area contributed by atoms with Gasteiger partial charge in [-0.1, -0.05) is 82.7 Å². The average molecular weight is 333 g/mol. The molecule has 0 saturated heterocycles. The van der Waals surface area contributed by atoms with Gasteiger partial charge in [-0.3, -0.25) is 4.79 Å². The summed E-state index contributed by atoms with van der Waals surface area (Å²) < 4.78 is 5.56. The lowest BCUT2D eigenvalue weighted by molar-refractivity contribution is -0.145. The van der Waals surface area contributed by atoms with Crippen LogP contribution in [-0.4, -0.2) is 12.6 Å². The Morgan fingerprint density at radius 1 is 0.917 bits per heavy atom. The molecular formula is C22H36O2. The van der Waals surface area contributed by atoms with Crippen LogP contribution in [0.4, 0.5) is 0 Å². The third kappa shape index (κ3) is 10.5. The third-order valence-electron chi connectivity index (χ3n) is 4.60. The Hall–Kier alpha value is -1.31. The highest BCUT2D eigenvalue weighted by Gasteiger charge is 2.12. The largest absolute Gasteiger partial charge is 0.465 e. The van der Waals surface area contributed by atoms with Crippen molar-refractivity contribution in [3.63, 3.8) is 0 Å². The molecule has 0 saturated carbocycles. The number of ether oxygens (including phenoxy) is 1. The second kappa shape index (κ2) is 14.1. The predicted molar refractivity (Wildman–Crippen MR) is 102 cm³/mol. The summed E-state index contributed by atoms with van der Waals surface area (Å²) in [6.07, 6.45) is 12.4. The Bertz CT molecular complexity index is 413. The molecule has 0 bridgehead atoms. The van der Waals surface area contributed by atoms with Gasteiger partial charge in [0.15, 0.2) is 0 Å². The minimum Gasteiger partial charge on any atom is -0.465 e. The molecule has 1 aromatic rings. The van der Waals surface area contributed by atoms with Crippen molar-refractivity contribution in [1.29, 1.82) is 0 Å². The Balaban J connectivity index is 2.19. The van der Waals surface area contributed by atoms with Crippen LogP contribution in [0.1, 0.15) is 83.6 Å². The van der Waals surface area contributed by atoms with Crippen LogP contribution in [0, 0.1) is 5.92 Å². The summed E-state index contributed by atoms with van der Waals surface area (Å²) in [7, 11) is 0. The van der Waals surface area contributed by atoms with Gasteiger partial charge in [-0.05, 0) is 37.2 Å². The van der Waals surface area contributed by atoms with E-state index in [9.17, 15) is 4.79 Å². The Morgan fingerprint density at radius 2 is 1.62 bits per heavy atom. The Labute approximate surface area is 149 Å². The van der Waals surface area contributed by atoms with Gasteiger partial charge in [0, 0.05) is 6.42 Å². The van der Waals surface area contributed by atoms with Crippen LogP contribution < -0.4 is 0 Å². The molecule has 136 valence electrons. The van der Waals surface area contributed by atoms with E-state index < -0.39 is 0 Å². The maximum absolute atomic E-state index is 12.0. The van der Waals surface area contributed by atoms with Crippen LogP contribution in [0.2, 0.25) is 0 Å². The summed E-state index contributed by atoms with van der Waals surface area (Å²) in [6.45, 7) is 5.09. The summed E-state index contributed by atoms with van der Waals surface area (Å²) >= 11 is 0. The van der Waals surface area contributed by atoms with Crippen molar-refractivity contribution in [3.8, 4) is 0 Å². The zero-order chi connectivity index (χ0) is 17.5. The maximum atomic E-state index is 12.0. The van der Waals surface area contributed by atoms with E-state index in [4.69, 9.17) is 4.74 Å². The van der Waals surface area contributed by atoms with Crippen molar-refractivity contribution in [2.45, 2.75) is 84.5 Å². The van der Waals surface area contributed by atoms with Gasteiger partial charge >= 0.3 is 5.97 Å². The fourth-order valence-corrected chi connectivity index (χ4v) is 3.03. The molecule has 2 nitrogen and oxygen atoms in total. The minimum atomic E-state index is -0.0269. The second-order valence-corrected chi connectivity index (χ2v) is 6.88. The number of benzene rings is 1. The Kier molecular flexibility index (Phi) is 12.2. The number of esters is 1. The van der Waals surface area contributed by atoms with Gasteiger partial charge < -0.3 is 4.74 Å². The first kappa shape index (κ1) is 20.7. The number of carbonyl (C=O) groups is 1. The van der Waals surface area contributed by atoms with Crippen molar-refractivity contribution in [2.75, 3.05) is 6.61 Å². The molecule has 0 aromatic heterocycles. The van der Waals surface area contributed by atoms with Crippen LogP contribution in [0.3, 0.4) is 0 Å². The standard InChI is InChI=1S/C22H36O2/c1-3-5-7-9-16-21(13-6-4-2)19-24-22(23)18-12-17-20-14-10-8-11-15-20/h8,10-11,14-15,21H,3-7,9,12-13,16-19H2,1-2H3. The molecule has 0 aliphatic carbocycles. The third-order valence-corrected chi connectivity index (χ3v) is 4.60. The van der Waals surface area contributed by atoms with Crippen molar-refractivity contribution in [1.82, 2.24) is 0 Å². The lowest BCUT2D eigenvalue weighted by Crippen LogP contribution is -2.14. The van der Waals surface area contributed by atoms with E-state index in [1.54, 1.807) is 0 Å². The zero-order valence-corrected chi connectivity index (χ0v) is 15.8. The molecular weight excluding hydrogens is 296 g/mol. The fraction of sp³-hybridized carbons (Fsp3) is 0.682. The highest BCUT2D eigenvalue weighted by molar-refractivity contribution is 5.69. The van der Waals surface area contributed by atoms with Crippen molar-refractivity contribution < 1.29 is 9.53 Å². The minimum absolute atomic E-state index is 0.0269. The van der Waals surface area contributed by atoms with E-state index in [1.165, 1.54) is 56.9 Å². The molecule has 1 unspecified atom stereocenters. The smallest absolute Gasteiger partial charge is 0.305 e. The van der Waals surface area contributed by atoms with E-state index in [2.05, 4.69) is 26.0 Å². The number of rotatable bonds is 14. The van der Waals surface area contributed by atoms with Crippen molar-refractivity contribution in [3.05, 3.63) is 35.9 Å². The quantitative estimate of drug-likeness (QED) is 0.294. The van der Waals surface area contributed by atoms with Crippen LogP contribution in [0.15, 0.2) is 30.3 Å². The van der Waals surface area contributed by atoms with E-state index in [0.29, 0.717) is 18.9 Å². The summed E-state index contributed by atoms with van der Waals surface area (Å²) in [5.74, 6) is 0.529. The average Bonchev–Trinajstić information content (AvgIpc) is 2.61. The number of carbonyl (C=O) groups excluding carboxylic acids is 1. The van der Waals surface area contributed by atoms with Crippen LogP contribution in [0.5, 0.6) is 0 Å². The number of unbranched alkanes of at least 4 members (excludes halogenated alkanes) is 4. The first-order valence-electron chi connectivity index (χ1n) is 9.95. The van der Waals surface area contributed by atoms with Crippen LogP contribution in [0.25, 0.3) is 0 Å². The van der Waals surface area contributed by atoms with Crippen LogP contribution in [-0.2, 0) is 16.0 Å². The molecule has 0 N–H and O–H groups in total. The predicted octanol–water partition coefficient (Wildman–Crippen LogP) is 6.33. The summed E-state index contributed by atoms with van der Waals surface area (Å²) in [6, 6.07) is 10.3. The van der Waals surface area contributed by atoms with E-state index in [0.717, 1.165) is 12.8 Å². The molecule has 1 aromatic carbocycles. The molecule has 0 radical (unpaired) electrons. The molecule has 1 atom stereocenters. The molecule has 0 fully saturated rings. The normalized spacial score (nSPS) is 12.1. The zero-order valence-electron chi connectivity index (χ0n) is 15.8. The highest BCUT2D eigenvalue weighted by Crippen LogP contribution is 2.18. The van der Waals surface area contributed by atoms with Gasteiger partial charge in [-0.15, -0.1) is 0 Å². The fourth-order valence-electron chi connectivity index (χ4n) is 3.03. The lowest BCUT2D eigenvalue weighted by atomic mass is 9.96. The molecule has 0 aliphatic heterocycles. The number of hydrogen-bond donors (Lipinski definition) is 0. The molecule has 0 spiro atoms. The van der Waals surface area contributed by atoms with Gasteiger partial charge in [-0.25, -0.2) is 0 Å². The van der Waals surface area contributed by atoms with Gasteiger partial charge in [0.2, 0.25) is 0 Å². The first-order chi connectivity index (χ1) is 11.8. The van der Waals surface area contributed by atoms with Gasteiger partial charge in [0.1, 0.15) is 0 Å². The molecule has 0 amide bonds. The van der Waals surface area contributed by atoms with E-state index in [1.807, 2.05) is 18.2 Å². The lowest BCUT2D eigenvalue weighted by Gasteiger charge is -2.16. The monoisotopic (exact) mass is 332 g/mol. The van der Waals surface area contributed by atoms with Crippen LogP contribution >= 0.6 is 0 Å². The number of aryl methyl sites for hydroxylation is 1. The SMILES string of the molecule is CCCCCCC(CCCC)COC(=O)CCCc1ccccc1. The van der Waals surface area contributed by atoms with Gasteiger partial charge in [0.25, 0.3) is 0 Å². The number of hydrogen-bond acceptors (Lipinski definition) is 2. The second-order valence-electron chi connectivity index (χ2n) is 6.88. The molecule has 24 heavy (non-hydrogen) atoms. The van der Waals surface area contributed by atoms with Crippen molar-refractivity contribution in [2.24, 2.45) is 5.92 Å². The van der Waals surface area contributed by atoms with Gasteiger partial charge in [0.05, 0.1) is 6.61 Å². The summed E-state index contributed by atoms with van der Waals surface area (Å²) in [4.78, 5) is 12.0. The molecule has 1 rings (SSSR count). The maximum Gasteiger partial charge on any atom is 0.305 e. The molecule has 2 heteroatoms. The highest BCUT2D eigenvalue weighted by atomic mass is 16.5. The van der Waals surface area contributed by atoms with Gasteiger partial charge in [-0.2, -0.15) is 0 Å². The first-order valence-corrected chi connectivity index (χ1v) is 9.95. The van der Waals surface area contributed by atoms with E-state index in [-0.39, 0.29) is 5.97 Å². The topological polar surface area (TPSA) is 26.3 Å². The summed E-state index contributed by atoms with van der Waals surface area (Å²) in [5, 5.41) is 0.